The molecule has 1 rings (SSSR count). The normalized spacial score (nSPS) is 10.1. The number of carboxylic acids is 1. The van der Waals surface area contributed by atoms with Crippen molar-refractivity contribution < 1.29 is 24.2 Å². The second-order valence-corrected chi connectivity index (χ2v) is 3.96. The van der Waals surface area contributed by atoms with Gasteiger partial charge in [-0.05, 0) is 13.3 Å². The fraction of sp³-hybridized carbons (Fsp3) is 0.500. The number of hydrogen-bond donors (Lipinski definition) is 2. The van der Waals surface area contributed by atoms with Crippen LogP contribution in [0.25, 0.3) is 0 Å². The van der Waals surface area contributed by atoms with Gasteiger partial charge in [-0.2, -0.15) is 0 Å². The summed E-state index contributed by atoms with van der Waals surface area (Å²) in [4.78, 5) is 42.0. The summed E-state index contributed by atoms with van der Waals surface area (Å²) in [6.45, 7) is 3.81. The van der Waals surface area contributed by atoms with Gasteiger partial charge < -0.3 is 19.7 Å². The van der Waals surface area contributed by atoms with E-state index in [0.29, 0.717) is 13.0 Å². The molecular weight excluding hydrogens is 266 g/mol. The number of nitrogens with zero attached hydrogens (tertiary/aromatic N) is 2. The maximum absolute atomic E-state index is 12.2. The number of aromatic amines is 1. The molecule has 20 heavy (non-hydrogen) atoms. The summed E-state index contributed by atoms with van der Waals surface area (Å²) >= 11 is 0. The Balaban J connectivity index is 2.90. The third-order valence-corrected chi connectivity index (χ3v) is 2.46. The summed E-state index contributed by atoms with van der Waals surface area (Å²) in [5.74, 6) is -2.43. The molecule has 0 atom stereocenters. The van der Waals surface area contributed by atoms with Crippen LogP contribution in [0.4, 0.5) is 0 Å². The summed E-state index contributed by atoms with van der Waals surface area (Å²) in [7, 11) is 0. The first-order chi connectivity index (χ1) is 9.51. The highest BCUT2D eigenvalue weighted by Crippen LogP contribution is 2.08. The number of carbonyl (C=O) groups is 3. The number of ether oxygens (including phenoxy) is 1. The molecule has 0 aliphatic carbocycles. The highest BCUT2D eigenvalue weighted by atomic mass is 16.5. The number of amides is 1. The molecule has 1 aromatic heterocycles. The van der Waals surface area contributed by atoms with Crippen molar-refractivity contribution >= 4 is 17.8 Å². The van der Waals surface area contributed by atoms with E-state index in [1.165, 1.54) is 4.90 Å². The highest BCUT2D eigenvalue weighted by molar-refractivity contribution is 6.02. The second-order valence-electron chi connectivity index (χ2n) is 3.96. The van der Waals surface area contributed by atoms with Gasteiger partial charge in [0.2, 0.25) is 0 Å². The highest BCUT2D eigenvalue weighted by Gasteiger charge is 2.25. The summed E-state index contributed by atoms with van der Waals surface area (Å²) in [6.07, 6.45) is 1.75. The Morgan fingerprint density at radius 1 is 1.40 bits per heavy atom. The molecule has 0 aliphatic heterocycles. The first-order valence-electron chi connectivity index (χ1n) is 6.22. The molecule has 1 amide bonds. The molecule has 0 fully saturated rings. The molecule has 0 saturated heterocycles. The van der Waals surface area contributed by atoms with E-state index in [2.05, 4.69) is 9.97 Å². The van der Waals surface area contributed by atoms with Crippen LogP contribution in [0.15, 0.2) is 6.33 Å². The quantitative estimate of drug-likeness (QED) is 0.705. The lowest BCUT2D eigenvalue weighted by atomic mass is 10.2. The lowest BCUT2D eigenvalue weighted by Crippen LogP contribution is -2.38. The van der Waals surface area contributed by atoms with E-state index < -0.39 is 17.8 Å². The minimum absolute atomic E-state index is 0.213. The van der Waals surface area contributed by atoms with Gasteiger partial charge >= 0.3 is 11.9 Å². The monoisotopic (exact) mass is 283 g/mol. The zero-order valence-corrected chi connectivity index (χ0v) is 11.4. The average molecular weight is 283 g/mol. The van der Waals surface area contributed by atoms with Crippen LogP contribution in [-0.2, 0) is 9.53 Å². The summed E-state index contributed by atoms with van der Waals surface area (Å²) in [5, 5.41) is 8.95. The van der Waals surface area contributed by atoms with Gasteiger partial charge in [0.05, 0.1) is 12.9 Å². The lowest BCUT2D eigenvalue weighted by molar-refractivity contribution is -0.143. The Morgan fingerprint density at radius 3 is 2.65 bits per heavy atom. The van der Waals surface area contributed by atoms with E-state index in [0.717, 1.165) is 6.33 Å². The van der Waals surface area contributed by atoms with Gasteiger partial charge in [0.25, 0.3) is 5.91 Å². The molecule has 8 nitrogen and oxygen atoms in total. The summed E-state index contributed by atoms with van der Waals surface area (Å²) in [5.41, 5.74) is -0.504. The number of rotatable bonds is 7. The minimum atomic E-state index is -1.28. The van der Waals surface area contributed by atoms with Gasteiger partial charge in [0, 0.05) is 6.54 Å². The molecule has 0 radical (unpaired) electrons. The van der Waals surface area contributed by atoms with Crippen molar-refractivity contribution in [3.63, 3.8) is 0 Å². The first-order valence-corrected chi connectivity index (χ1v) is 6.22. The molecule has 0 aromatic carbocycles. The number of nitrogens with one attached hydrogen (secondary N) is 1. The van der Waals surface area contributed by atoms with Gasteiger partial charge in [-0.3, -0.25) is 9.59 Å². The van der Waals surface area contributed by atoms with Crippen molar-refractivity contribution in [2.75, 3.05) is 19.7 Å². The largest absolute Gasteiger partial charge is 0.477 e. The fourth-order valence-corrected chi connectivity index (χ4v) is 1.65. The van der Waals surface area contributed by atoms with Crippen LogP contribution in [0.1, 0.15) is 41.2 Å². The summed E-state index contributed by atoms with van der Waals surface area (Å²) < 4.78 is 4.79. The van der Waals surface area contributed by atoms with Crippen molar-refractivity contribution in [2.45, 2.75) is 20.3 Å². The van der Waals surface area contributed by atoms with E-state index in [9.17, 15) is 14.4 Å². The smallest absolute Gasteiger partial charge is 0.354 e. The molecule has 8 heteroatoms. The third kappa shape index (κ3) is 3.81. The molecule has 0 unspecified atom stereocenters. The summed E-state index contributed by atoms with van der Waals surface area (Å²) in [6, 6.07) is 0. The van der Waals surface area contributed by atoms with Gasteiger partial charge in [-0.1, -0.05) is 6.92 Å². The Hall–Kier alpha value is -2.38. The number of carbonyl (C=O) groups excluding carboxylic acids is 2. The number of H-pyrrole nitrogens is 1. The SMILES string of the molecule is CCCN(CC(=O)OCC)C(=O)c1nc[nH]c1C(=O)O. The van der Waals surface area contributed by atoms with Crippen LogP contribution in [0, 0.1) is 0 Å². The molecule has 1 aromatic rings. The number of aromatic carboxylic acids is 1. The number of aromatic nitrogens is 2. The molecule has 0 aliphatic rings. The van der Waals surface area contributed by atoms with Crippen molar-refractivity contribution in [1.29, 1.82) is 0 Å². The van der Waals surface area contributed by atoms with E-state index in [4.69, 9.17) is 9.84 Å². The Labute approximate surface area is 115 Å². The van der Waals surface area contributed by atoms with Crippen molar-refractivity contribution in [3.05, 3.63) is 17.7 Å². The number of carboxylic acid groups (broad SMARTS) is 1. The van der Waals surface area contributed by atoms with E-state index >= 15 is 0 Å². The molecular formula is C12H17N3O5. The molecule has 0 bridgehead atoms. The lowest BCUT2D eigenvalue weighted by Gasteiger charge is -2.20. The van der Waals surface area contributed by atoms with Crippen molar-refractivity contribution in [3.8, 4) is 0 Å². The Bertz CT molecular complexity index is 497. The van der Waals surface area contributed by atoms with Crippen LogP contribution in [0.3, 0.4) is 0 Å². The standard InChI is InChI=1S/C12H17N3O5/c1-3-5-15(6-8(16)20-4-2)11(17)9-10(12(18)19)14-7-13-9/h7H,3-6H2,1-2H3,(H,13,14)(H,18,19). The van der Waals surface area contributed by atoms with Crippen molar-refractivity contribution in [2.24, 2.45) is 0 Å². The Kier molecular flexibility index (Phi) is 5.70. The molecule has 0 saturated carbocycles. The number of esters is 1. The maximum atomic E-state index is 12.2. The predicted molar refractivity (Wildman–Crippen MR) is 68.4 cm³/mol. The van der Waals surface area contributed by atoms with Gasteiger partial charge in [-0.15, -0.1) is 0 Å². The van der Waals surface area contributed by atoms with E-state index in [-0.39, 0.29) is 24.5 Å². The van der Waals surface area contributed by atoms with E-state index in [1.54, 1.807) is 6.92 Å². The second kappa shape index (κ2) is 7.27. The van der Waals surface area contributed by atoms with Crippen LogP contribution in [-0.4, -0.2) is 57.5 Å². The predicted octanol–water partition coefficient (Wildman–Crippen LogP) is 0.523. The number of hydrogen-bond acceptors (Lipinski definition) is 5. The van der Waals surface area contributed by atoms with Gasteiger partial charge in [0.1, 0.15) is 6.54 Å². The third-order valence-electron chi connectivity index (χ3n) is 2.46. The van der Waals surface area contributed by atoms with Crippen LogP contribution >= 0.6 is 0 Å². The van der Waals surface area contributed by atoms with Crippen LogP contribution in [0.2, 0.25) is 0 Å². The molecule has 1 heterocycles. The van der Waals surface area contributed by atoms with Crippen molar-refractivity contribution in [1.82, 2.24) is 14.9 Å². The van der Waals surface area contributed by atoms with Gasteiger partial charge in [0.15, 0.2) is 11.4 Å². The maximum Gasteiger partial charge on any atom is 0.354 e. The fourth-order valence-electron chi connectivity index (χ4n) is 1.65. The topological polar surface area (TPSA) is 113 Å². The minimum Gasteiger partial charge on any atom is -0.477 e. The molecule has 0 spiro atoms. The average Bonchev–Trinajstić information content (AvgIpc) is 2.87. The van der Waals surface area contributed by atoms with Gasteiger partial charge in [-0.25, -0.2) is 9.78 Å². The number of imidazole rings is 1. The molecule has 2 N–H and O–H groups in total. The molecule has 110 valence electrons. The first kappa shape index (κ1) is 15.7. The van der Waals surface area contributed by atoms with E-state index in [1.807, 2.05) is 6.92 Å². The zero-order chi connectivity index (χ0) is 15.1. The zero-order valence-electron chi connectivity index (χ0n) is 11.4. The Morgan fingerprint density at radius 2 is 2.10 bits per heavy atom. The van der Waals surface area contributed by atoms with Crippen LogP contribution in [0.5, 0.6) is 0 Å². The van der Waals surface area contributed by atoms with Crippen LogP contribution < -0.4 is 0 Å².